The van der Waals surface area contributed by atoms with Gasteiger partial charge < -0.3 is 24.1 Å². The minimum Gasteiger partial charge on any atom is -0.507 e. The van der Waals surface area contributed by atoms with Crippen molar-refractivity contribution in [2.45, 2.75) is 0 Å². The lowest BCUT2D eigenvalue weighted by Gasteiger charge is -2.16. The van der Waals surface area contributed by atoms with Gasteiger partial charge in [-0.25, -0.2) is 0 Å². The molecule has 0 amide bonds. The van der Waals surface area contributed by atoms with Gasteiger partial charge in [0.15, 0.2) is 0 Å². The van der Waals surface area contributed by atoms with Gasteiger partial charge in [0, 0.05) is 5.56 Å². The monoisotopic (exact) mass is 471 g/mol. The number of ether oxygens (including phenoxy) is 4. The van der Waals surface area contributed by atoms with Crippen molar-refractivity contribution >= 4 is 20.7 Å². The minimum absolute atomic E-state index is 0.0132. The van der Waals surface area contributed by atoms with Crippen molar-refractivity contribution in [3.63, 3.8) is 0 Å². The first kappa shape index (κ1) is 25.4. The van der Waals surface area contributed by atoms with E-state index in [-0.39, 0.29) is 51.0 Å². The number of hydrogen-bond acceptors (Lipinski definition) is 8. The number of benzene rings is 3. The van der Waals surface area contributed by atoms with E-state index in [2.05, 4.69) is 0 Å². The molecular formula is C24H24O8P+. The van der Waals surface area contributed by atoms with Gasteiger partial charge in [0.25, 0.3) is 0 Å². The molecule has 0 aromatic heterocycles. The third-order valence-electron chi connectivity index (χ3n) is 4.82. The number of ketones is 2. The van der Waals surface area contributed by atoms with Gasteiger partial charge in [0.05, 0.1) is 34.0 Å². The van der Waals surface area contributed by atoms with E-state index in [0.717, 1.165) is 0 Å². The predicted molar refractivity (Wildman–Crippen MR) is 124 cm³/mol. The standard InChI is InChI=1S/C24H22O7.H2OP/c1-28-16-10-6-11-17(29-2)21(16)23(26)14-8-5-9-15(25)20(14)24(27)22-18(30-3)12-7-13-19(22)31-4;1-2/h5-13,25H,1-4H3;2H2/q;+1. The van der Waals surface area contributed by atoms with Gasteiger partial charge in [-0.3, -0.25) is 9.59 Å². The summed E-state index contributed by atoms with van der Waals surface area (Å²) in [5.74, 6) is -0.451. The number of carbonyl (C=O) groups is 2. The van der Waals surface area contributed by atoms with Crippen molar-refractivity contribution in [3.05, 3.63) is 76.9 Å². The summed E-state index contributed by atoms with van der Waals surface area (Å²) in [6.45, 7) is 0. The fraction of sp³-hybridized carbons (Fsp3) is 0.167. The lowest BCUT2D eigenvalue weighted by atomic mass is 9.91. The summed E-state index contributed by atoms with van der Waals surface area (Å²) < 4.78 is 29.5. The molecule has 3 rings (SSSR count). The van der Waals surface area contributed by atoms with Crippen LogP contribution in [0.5, 0.6) is 28.7 Å². The van der Waals surface area contributed by atoms with Crippen LogP contribution in [0.4, 0.5) is 0 Å². The van der Waals surface area contributed by atoms with Crippen LogP contribution in [0.3, 0.4) is 0 Å². The first-order chi connectivity index (χ1) is 16.0. The highest BCUT2D eigenvalue weighted by atomic mass is 31.0. The Labute approximate surface area is 193 Å². The van der Waals surface area contributed by atoms with E-state index in [9.17, 15) is 14.7 Å². The molecule has 0 fully saturated rings. The van der Waals surface area contributed by atoms with Gasteiger partial charge in [0.1, 0.15) is 39.9 Å². The number of rotatable bonds is 8. The molecule has 1 unspecified atom stereocenters. The quantitative estimate of drug-likeness (QED) is 0.387. The highest BCUT2D eigenvalue weighted by Crippen LogP contribution is 2.37. The lowest BCUT2D eigenvalue weighted by Crippen LogP contribution is -2.14. The number of aromatic hydroxyl groups is 1. The molecule has 0 aliphatic carbocycles. The van der Waals surface area contributed by atoms with Gasteiger partial charge in [-0.05, 0) is 30.3 Å². The number of phenols is 1. The minimum atomic E-state index is -0.621. The normalized spacial score (nSPS) is 9.82. The molecule has 0 radical (unpaired) electrons. The van der Waals surface area contributed by atoms with E-state index >= 15 is 0 Å². The summed E-state index contributed by atoms with van der Waals surface area (Å²) in [6, 6.07) is 14.1. The maximum Gasteiger partial charge on any atom is 0.310 e. The van der Waals surface area contributed by atoms with E-state index in [4.69, 9.17) is 23.5 Å². The summed E-state index contributed by atoms with van der Waals surface area (Å²) >= 11 is 0. The summed E-state index contributed by atoms with van der Waals surface area (Å²) in [7, 11) is 6.86. The molecule has 9 heteroatoms. The SMILES string of the molecule is COc1cccc(OC)c1C(=O)c1cccc(O)c1C(=O)c1c(OC)cccc1OC.O=[PH2+]. The third kappa shape index (κ3) is 4.96. The van der Waals surface area contributed by atoms with E-state index in [1.54, 1.807) is 36.4 Å². The smallest absolute Gasteiger partial charge is 0.310 e. The Morgan fingerprint density at radius 3 is 1.36 bits per heavy atom. The summed E-state index contributed by atoms with van der Waals surface area (Å²) in [4.78, 5) is 27.1. The zero-order chi connectivity index (χ0) is 24.5. The van der Waals surface area contributed by atoms with Crippen LogP contribution < -0.4 is 18.9 Å². The zero-order valence-electron chi connectivity index (χ0n) is 18.6. The molecule has 0 bridgehead atoms. The molecule has 0 saturated carbocycles. The van der Waals surface area contributed by atoms with Crippen molar-refractivity contribution in [1.82, 2.24) is 0 Å². The Balaban J connectivity index is 0.00000187. The van der Waals surface area contributed by atoms with Gasteiger partial charge >= 0.3 is 9.12 Å². The van der Waals surface area contributed by atoms with Crippen LogP contribution in [0.1, 0.15) is 31.8 Å². The second-order valence-corrected chi connectivity index (χ2v) is 6.43. The number of methoxy groups -OCH3 is 4. The predicted octanol–water partition coefficient (Wildman–Crippen LogP) is 4.10. The molecule has 33 heavy (non-hydrogen) atoms. The summed E-state index contributed by atoms with van der Waals surface area (Å²) in [5, 5.41) is 10.6. The van der Waals surface area contributed by atoms with Crippen molar-refractivity contribution in [3.8, 4) is 28.7 Å². The van der Waals surface area contributed by atoms with E-state index in [0.29, 0.717) is 0 Å². The highest BCUT2D eigenvalue weighted by Gasteiger charge is 2.30. The Hall–Kier alpha value is -3.90. The van der Waals surface area contributed by atoms with Crippen LogP contribution in [-0.2, 0) is 4.57 Å². The average Bonchev–Trinajstić information content (AvgIpc) is 2.87. The highest BCUT2D eigenvalue weighted by molar-refractivity contribution is 7.00. The third-order valence-corrected chi connectivity index (χ3v) is 4.82. The van der Waals surface area contributed by atoms with Gasteiger partial charge in [-0.2, -0.15) is 0 Å². The van der Waals surface area contributed by atoms with Crippen LogP contribution in [0.25, 0.3) is 0 Å². The van der Waals surface area contributed by atoms with Crippen LogP contribution in [0, 0.1) is 0 Å². The lowest BCUT2D eigenvalue weighted by molar-refractivity contribution is 0.0994. The van der Waals surface area contributed by atoms with Crippen molar-refractivity contribution < 1.29 is 38.2 Å². The average molecular weight is 471 g/mol. The Bertz CT molecular complexity index is 1110. The largest absolute Gasteiger partial charge is 0.507 e. The van der Waals surface area contributed by atoms with E-state index in [1.807, 2.05) is 0 Å². The molecule has 0 heterocycles. The van der Waals surface area contributed by atoms with Crippen molar-refractivity contribution in [2.24, 2.45) is 0 Å². The Morgan fingerprint density at radius 1 is 0.606 bits per heavy atom. The Morgan fingerprint density at radius 2 is 0.970 bits per heavy atom. The van der Waals surface area contributed by atoms with E-state index < -0.39 is 11.6 Å². The number of carbonyl (C=O) groups excluding carboxylic acids is 2. The summed E-state index contributed by atoms with van der Waals surface area (Å²) in [6.07, 6.45) is 0. The first-order valence-corrected chi connectivity index (χ1v) is 10.0. The molecule has 1 atom stereocenters. The maximum atomic E-state index is 13.6. The van der Waals surface area contributed by atoms with Crippen LogP contribution in [-0.4, -0.2) is 45.1 Å². The fourth-order valence-corrected chi connectivity index (χ4v) is 3.38. The molecule has 3 aromatic rings. The van der Waals surface area contributed by atoms with Crippen molar-refractivity contribution in [2.75, 3.05) is 28.4 Å². The van der Waals surface area contributed by atoms with Gasteiger partial charge in [0.2, 0.25) is 11.6 Å². The van der Waals surface area contributed by atoms with Gasteiger partial charge in [-0.1, -0.05) is 28.8 Å². The van der Waals surface area contributed by atoms with Crippen LogP contribution in [0.2, 0.25) is 0 Å². The molecule has 0 spiro atoms. The van der Waals surface area contributed by atoms with Crippen molar-refractivity contribution in [1.29, 1.82) is 0 Å². The second kappa shape index (κ2) is 11.6. The second-order valence-electron chi connectivity index (χ2n) is 6.43. The molecule has 3 aromatic carbocycles. The first-order valence-electron chi connectivity index (χ1n) is 9.55. The molecule has 0 aliphatic heterocycles. The Kier molecular flexibility index (Phi) is 8.95. The molecule has 1 N–H and O–H groups in total. The molecule has 0 saturated heterocycles. The molecular weight excluding hydrogens is 447 g/mol. The fourth-order valence-electron chi connectivity index (χ4n) is 3.38. The zero-order valence-corrected chi connectivity index (χ0v) is 19.7. The molecule has 172 valence electrons. The van der Waals surface area contributed by atoms with Crippen LogP contribution in [0.15, 0.2) is 54.6 Å². The topological polar surface area (TPSA) is 108 Å². The number of hydrogen-bond donors (Lipinski definition) is 1. The van der Waals surface area contributed by atoms with E-state index in [1.165, 1.54) is 55.8 Å². The van der Waals surface area contributed by atoms with Gasteiger partial charge in [-0.15, -0.1) is 0 Å². The molecule has 0 aliphatic rings. The summed E-state index contributed by atoms with van der Waals surface area (Å²) in [5.41, 5.74) is 0.0400. The van der Waals surface area contributed by atoms with Crippen LogP contribution >= 0.6 is 9.12 Å². The molecule has 8 nitrogen and oxygen atoms in total. The maximum absolute atomic E-state index is 13.6. The number of phenolic OH excluding ortho intramolecular Hbond substituents is 1.